The van der Waals surface area contributed by atoms with E-state index in [0.29, 0.717) is 12.3 Å². The van der Waals surface area contributed by atoms with Gasteiger partial charge in [-0.2, -0.15) is 0 Å². The van der Waals surface area contributed by atoms with Crippen molar-refractivity contribution in [3.63, 3.8) is 0 Å². The third kappa shape index (κ3) is 5.95. The molecule has 0 unspecified atom stereocenters. The predicted octanol–water partition coefficient (Wildman–Crippen LogP) is 2.17. The highest BCUT2D eigenvalue weighted by molar-refractivity contribution is 8.00. The van der Waals surface area contributed by atoms with Crippen molar-refractivity contribution in [2.75, 3.05) is 12.3 Å². The lowest BCUT2D eigenvalue weighted by Gasteiger charge is -2.34. The number of aliphatic hydroxyl groups is 1. The van der Waals surface area contributed by atoms with Crippen LogP contribution in [0.2, 0.25) is 0 Å². The van der Waals surface area contributed by atoms with Gasteiger partial charge in [0, 0.05) is 24.3 Å². The molecule has 1 aromatic carbocycles. The molecule has 0 spiro atoms. The fourth-order valence-electron chi connectivity index (χ4n) is 3.76. The Bertz CT molecular complexity index is 1030. The molecule has 3 rings (SSSR count). The zero-order chi connectivity index (χ0) is 24.2. The molecule has 1 aromatic heterocycles. The maximum atomic E-state index is 13.1. The summed E-state index contributed by atoms with van der Waals surface area (Å²) in [6, 6.07) is 6.33. The maximum absolute atomic E-state index is 13.1. The molecule has 0 radical (unpaired) electrons. The number of aryl methyl sites for hydroxylation is 1. The number of likely N-dealkylation sites (tertiary alicyclic amines) is 1. The van der Waals surface area contributed by atoms with Gasteiger partial charge in [-0.3, -0.25) is 9.59 Å². The minimum atomic E-state index is -0.848. The first-order chi connectivity index (χ1) is 15.6. The van der Waals surface area contributed by atoms with Crippen LogP contribution in [0, 0.1) is 19.3 Å². The Kier molecular flexibility index (Phi) is 8.19. The fourth-order valence-corrected chi connectivity index (χ4v) is 5.31. The van der Waals surface area contributed by atoms with Crippen LogP contribution in [0.3, 0.4) is 0 Å². The molecule has 1 saturated heterocycles. The summed E-state index contributed by atoms with van der Waals surface area (Å²) >= 11 is 3.01. The standard InChI is InChI=1S/C24H30N4O3S2/c1-5-10-33-24(3,4)21(25)23(31)28-13-18(29)11-19(28)22(30)26-12-16-6-8-17(9-7-16)20-15(2)27-14-32-20/h1,6-9,14,18-19,21,29H,10-13,25H2,2-4H3,(H,26,30)/t18-,19+,21-/m1/s1. The Balaban J connectivity index is 1.63. The first-order valence-corrected chi connectivity index (χ1v) is 12.6. The Hall–Kier alpha value is -2.38. The largest absolute Gasteiger partial charge is 0.391 e. The van der Waals surface area contributed by atoms with E-state index in [1.54, 1.807) is 11.3 Å². The second-order valence-corrected chi connectivity index (χ2v) is 11.1. The lowest BCUT2D eigenvalue weighted by molar-refractivity contribution is -0.140. The SMILES string of the molecule is C#CCSC(C)(C)[C@H](N)C(=O)N1C[C@H](O)C[C@H]1C(=O)NCc1ccc(-c2scnc2C)cc1. The van der Waals surface area contributed by atoms with Gasteiger partial charge in [-0.05, 0) is 31.9 Å². The van der Waals surface area contributed by atoms with Gasteiger partial charge in [0.1, 0.15) is 6.04 Å². The number of carbonyl (C=O) groups is 2. The highest BCUT2D eigenvalue weighted by Gasteiger charge is 2.43. The molecule has 0 saturated carbocycles. The highest BCUT2D eigenvalue weighted by Crippen LogP contribution is 2.30. The van der Waals surface area contributed by atoms with Crippen LogP contribution in [0.5, 0.6) is 0 Å². The molecule has 7 nitrogen and oxygen atoms in total. The number of thioether (sulfide) groups is 1. The van der Waals surface area contributed by atoms with Crippen LogP contribution in [-0.4, -0.2) is 62.0 Å². The van der Waals surface area contributed by atoms with Crippen molar-refractivity contribution in [2.24, 2.45) is 5.73 Å². The molecule has 2 amide bonds. The number of benzene rings is 1. The third-order valence-electron chi connectivity index (χ3n) is 5.84. The van der Waals surface area contributed by atoms with Crippen molar-refractivity contribution in [2.45, 2.75) is 56.7 Å². The van der Waals surface area contributed by atoms with Gasteiger partial charge in [0.2, 0.25) is 11.8 Å². The van der Waals surface area contributed by atoms with E-state index < -0.39 is 22.9 Å². The summed E-state index contributed by atoms with van der Waals surface area (Å²) in [7, 11) is 0. The van der Waals surface area contributed by atoms with Gasteiger partial charge in [-0.25, -0.2) is 4.98 Å². The molecule has 4 N–H and O–H groups in total. The van der Waals surface area contributed by atoms with Crippen LogP contribution < -0.4 is 11.1 Å². The minimum absolute atomic E-state index is 0.0867. The van der Waals surface area contributed by atoms with E-state index in [-0.39, 0.29) is 24.8 Å². The summed E-state index contributed by atoms with van der Waals surface area (Å²) in [6.45, 7) is 6.10. The summed E-state index contributed by atoms with van der Waals surface area (Å²) in [4.78, 5) is 32.8. The van der Waals surface area contributed by atoms with E-state index in [0.717, 1.165) is 21.7 Å². The van der Waals surface area contributed by atoms with E-state index in [9.17, 15) is 14.7 Å². The minimum Gasteiger partial charge on any atom is -0.391 e. The Morgan fingerprint density at radius 1 is 1.42 bits per heavy atom. The van der Waals surface area contributed by atoms with Crippen molar-refractivity contribution in [1.29, 1.82) is 0 Å². The van der Waals surface area contributed by atoms with Crippen molar-refractivity contribution < 1.29 is 14.7 Å². The second-order valence-electron chi connectivity index (χ2n) is 8.65. The van der Waals surface area contributed by atoms with Crippen LogP contribution in [0.15, 0.2) is 29.8 Å². The molecular formula is C24H30N4O3S2. The summed E-state index contributed by atoms with van der Waals surface area (Å²) in [5.41, 5.74) is 11.1. The highest BCUT2D eigenvalue weighted by atomic mass is 32.2. The first kappa shape index (κ1) is 25.2. The average molecular weight is 487 g/mol. The number of carbonyl (C=O) groups excluding carboxylic acids is 2. The summed E-state index contributed by atoms with van der Waals surface area (Å²) in [5, 5.41) is 13.1. The van der Waals surface area contributed by atoms with E-state index in [1.165, 1.54) is 16.7 Å². The molecular weight excluding hydrogens is 456 g/mol. The number of nitrogens with one attached hydrogen (secondary N) is 1. The van der Waals surface area contributed by atoms with E-state index >= 15 is 0 Å². The first-order valence-electron chi connectivity index (χ1n) is 10.7. The molecule has 1 fully saturated rings. The number of rotatable bonds is 8. The topological polar surface area (TPSA) is 109 Å². The van der Waals surface area contributed by atoms with Crippen molar-refractivity contribution in [1.82, 2.24) is 15.2 Å². The van der Waals surface area contributed by atoms with Gasteiger partial charge in [0.15, 0.2) is 0 Å². The number of hydrogen-bond donors (Lipinski definition) is 3. The van der Waals surface area contributed by atoms with Gasteiger partial charge < -0.3 is 21.1 Å². The average Bonchev–Trinajstić information content (AvgIpc) is 3.40. The lowest BCUT2D eigenvalue weighted by atomic mass is 10.0. The summed E-state index contributed by atoms with van der Waals surface area (Å²) in [6.07, 6.45) is 4.76. The van der Waals surface area contributed by atoms with Gasteiger partial charge >= 0.3 is 0 Å². The number of nitrogens with two attached hydrogens (primary N) is 1. The lowest BCUT2D eigenvalue weighted by Crippen LogP contribution is -2.57. The Labute approximate surface area is 203 Å². The van der Waals surface area contributed by atoms with Crippen LogP contribution in [-0.2, 0) is 16.1 Å². The maximum Gasteiger partial charge on any atom is 0.243 e. The van der Waals surface area contributed by atoms with Gasteiger partial charge in [-0.1, -0.05) is 30.2 Å². The molecule has 1 aliphatic rings. The third-order valence-corrected chi connectivity index (χ3v) is 8.12. The van der Waals surface area contributed by atoms with Gasteiger partial charge in [0.05, 0.1) is 34.0 Å². The van der Waals surface area contributed by atoms with Crippen LogP contribution in [0.4, 0.5) is 0 Å². The number of nitrogens with zero attached hydrogens (tertiary/aromatic N) is 2. The van der Waals surface area contributed by atoms with E-state index in [2.05, 4.69) is 16.2 Å². The normalized spacial score (nSPS) is 19.2. The number of terminal acetylenes is 1. The van der Waals surface area contributed by atoms with Crippen LogP contribution >= 0.6 is 23.1 Å². The number of amides is 2. The molecule has 9 heteroatoms. The second kappa shape index (κ2) is 10.7. The predicted molar refractivity (Wildman–Crippen MR) is 134 cm³/mol. The number of aliphatic hydroxyl groups excluding tert-OH is 1. The molecule has 0 bridgehead atoms. The summed E-state index contributed by atoms with van der Waals surface area (Å²) in [5.74, 6) is 2.32. The van der Waals surface area contributed by atoms with Crippen LogP contribution in [0.1, 0.15) is 31.5 Å². The number of hydrogen-bond acceptors (Lipinski definition) is 7. The van der Waals surface area contributed by atoms with Crippen molar-refractivity contribution >= 4 is 34.9 Å². The quantitative estimate of drug-likeness (QED) is 0.494. The monoisotopic (exact) mass is 486 g/mol. The van der Waals surface area contributed by atoms with E-state index in [4.69, 9.17) is 12.2 Å². The molecule has 2 aromatic rings. The number of thiazole rings is 1. The zero-order valence-electron chi connectivity index (χ0n) is 19.1. The smallest absolute Gasteiger partial charge is 0.243 e. The number of aromatic nitrogens is 1. The molecule has 33 heavy (non-hydrogen) atoms. The molecule has 3 atom stereocenters. The zero-order valence-corrected chi connectivity index (χ0v) is 20.7. The Morgan fingerprint density at radius 3 is 2.73 bits per heavy atom. The van der Waals surface area contributed by atoms with Gasteiger partial charge in [0.25, 0.3) is 0 Å². The van der Waals surface area contributed by atoms with Crippen molar-refractivity contribution in [3.05, 3.63) is 41.0 Å². The van der Waals surface area contributed by atoms with Gasteiger partial charge in [-0.15, -0.1) is 29.5 Å². The van der Waals surface area contributed by atoms with E-state index in [1.807, 2.05) is 50.5 Å². The fraction of sp³-hybridized carbons (Fsp3) is 0.458. The van der Waals surface area contributed by atoms with Crippen LogP contribution in [0.25, 0.3) is 10.4 Å². The molecule has 176 valence electrons. The molecule has 1 aliphatic heterocycles. The summed E-state index contributed by atoms with van der Waals surface area (Å²) < 4.78 is -0.601. The van der Waals surface area contributed by atoms with Crippen molar-refractivity contribution in [3.8, 4) is 22.8 Å². The number of β-amino-alcohol motifs (C(OH)–C–C–N with tert-alkyl or cyclic N) is 1. The Morgan fingerprint density at radius 2 is 2.12 bits per heavy atom. The molecule has 2 heterocycles. The molecule has 0 aliphatic carbocycles.